The zero-order chi connectivity index (χ0) is 14.3. The molecule has 0 aromatic carbocycles. The van der Waals surface area contributed by atoms with E-state index >= 15 is 0 Å². The molecule has 19 heavy (non-hydrogen) atoms. The Kier molecular flexibility index (Phi) is 7.39. The van der Waals surface area contributed by atoms with Gasteiger partial charge in [-0.15, -0.1) is 0 Å². The van der Waals surface area contributed by atoms with Gasteiger partial charge >= 0.3 is 5.97 Å². The van der Waals surface area contributed by atoms with Crippen molar-refractivity contribution in [3.63, 3.8) is 0 Å². The molecular weight excluding hydrogens is 244 g/mol. The molecule has 1 aliphatic heterocycles. The van der Waals surface area contributed by atoms with Crippen LogP contribution >= 0.6 is 0 Å². The third kappa shape index (κ3) is 6.39. The van der Waals surface area contributed by atoms with Gasteiger partial charge in [0.15, 0.2) is 6.29 Å². The Bertz CT molecular complexity index is 265. The van der Waals surface area contributed by atoms with Gasteiger partial charge in [0.05, 0.1) is 6.10 Å². The molecule has 0 saturated carbocycles. The maximum atomic E-state index is 11.1. The van der Waals surface area contributed by atoms with E-state index in [-0.39, 0.29) is 24.3 Å². The predicted octanol–water partition coefficient (Wildman–Crippen LogP) is 3.63. The second kappa shape index (κ2) is 8.54. The van der Waals surface area contributed by atoms with E-state index in [2.05, 4.69) is 20.8 Å². The fraction of sp³-hybridized carbons (Fsp3) is 0.933. The zero-order valence-electron chi connectivity index (χ0n) is 12.7. The highest BCUT2D eigenvalue weighted by Gasteiger charge is 2.33. The number of carbonyl (C=O) groups is 1. The van der Waals surface area contributed by atoms with E-state index in [1.54, 1.807) is 0 Å². The Hall–Kier alpha value is -0.610. The summed E-state index contributed by atoms with van der Waals surface area (Å²) in [6.07, 6.45) is 5.99. The van der Waals surface area contributed by atoms with E-state index in [0.717, 1.165) is 12.8 Å². The van der Waals surface area contributed by atoms with Gasteiger partial charge in [-0.25, -0.2) is 0 Å². The lowest BCUT2D eigenvalue weighted by Crippen LogP contribution is -2.42. The van der Waals surface area contributed by atoms with Crippen LogP contribution in [0.25, 0.3) is 0 Å². The van der Waals surface area contributed by atoms with Crippen LogP contribution in [0, 0.1) is 5.92 Å². The van der Waals surface area contributed by atoms with Crippen LogP contribution in [0.3, 0.4) is 0 Å². The molecule has 1 rings (SSSR count). The molecule has 0 aromatic rings. The third-order valence-corrected chi connectivity index (χ3v) is 3.29. The zero-order valence-corrected chi connectivity index (χ0v) is 12.7. The van der Waals surface area contributed by atoms with Crippen molar-refractivity contribution in [3.05, 3.63) is 0 Å². The lowest BCUT2D eigenvalue weighted by atomic mass is 10.0. The van der Waals surface area contributed by atoms with E-state index in [1.807, 2.05) is 0 Å². The normalized spacial score (nSPS) is 27.5. The van der Waals surface area contributed by atoms with Gasteiger partial charge in [0, 0.05) is 19.3 Å². The summed E-state index contributed by atoms with van der Waals surface area (Å²) in [4.78, 5) is 11.1. The van der Waals surface area contributed by atoms with E-state index in [0.29, 0.717) is 6.42 Å². The van der Waals surface area contributed by atoms with Gasteiger partial charge in [-0.1, -0.05) is 46.5 Å². The summed E-state index contributed by atoms with van der Waals surface area (Å²) in [6.45, 7) is 7.72. The number of esters is 1. The molecule has 1 aliphatic rings. The Morgan fingerprint density at radius 3 is 2.58 bits per heavy atom. The Morgan fingerprint density at radius 1 is 1.26 bits per heavy atom. The van der Waals surface area contributed by atoms with Crippen LogP contribution in [-0.2, 0) is 19.0 Å². The summed E-state index contributed by atoms with van der Waals surface area (Å²) in [5, 5.41) is 0. The molecule has 3 atom stereocenters. The number of hydrogen-bond donors (Lipinski definition) is 0. The standard InChI is InChI=1S/C15H28O4/c1-5-6-7-8-9-13-10-14(17-12(4)16)19-15(18-13)11(2)3/h11,13-15H,5-10H2,1-4H3/t13-,14-,15-/m0/s1. The highest BCUT2D eigenvalue weighted by molar-refractivity contribution is 5.66. The fourth-order valence-corrected chi connectivity index (χ4v) is 2.26. The summed E-state index contributed by atoms with van der Waals surface area (Å²) in [6, 6.07) is 0. The van der Waals surface area contributed by atoms with Crippen LogP contribution in [0.4, 0.5) is 0 Å². The van der Waals surface area contributed by atoms with E-state index in [4.69, 9.17) is 14.2 Å². The fourth-order valence-electron chi connectivity index (χ4n) is 2.26. The van der Waals surface area contributed by atoms with Crippen LogP contribution in [0.2, 0.25) is 0 Å². The number of carbonyl (C=O) groups excluding carboxylic acids is 1. The van der Waals surface area contributed by atoms with Crippen molar-refractivity contribution in [2.75, 3.05) is 0 Å². The van der Waals surface area contributed by atoms with E-state index < -0.39 is 6.29 Å². The van der Waals surface area contributed by atoms with Crippen LogP contribution in [0.5, 0.6) is 0 Å². The van der Waals surface area contributed by atoms with Crippen molar-refractivity contribution >= 4 is 5.97 Å². The minimum Gasteiger partial charge on any atom is -0.436 e. The summed E-state index contributed by atoms with van der Waals surface area (Å²) in [7, 11) is 0. The first-order valence-corrected chi connectivity index (χ1v) is 7.51. The Balaban J connectivity index is 2.43. The van der Waals surface area contributed by atoms with Crippen molar-refractivity contribution in [2.45, 2.75) is 84.9 Å². The average Bonchev–Trinajstić information content (AvgIpc) is 2.33. The SMILES string of the molecule is CCCCCC[C@H]1C[C@@H](OC(C)=O)O[C@@H](C(C)C)O1. The molecule has 0 aliphatic carbocycles. The molecule has 0 radical (unpaired) electrons. The van der Waals surface area contributed by atoms with Crippen molar-refractivity contribution in [2.24, 2.45) is 5.92 Å². The number of ether oxygens (including phenoxy) is 3. The van der Waals surface area contributed by atoms with Crippen molar-refractivity contribution in [1.29, 1.82) is 0 Å². The monoisotopic (exact) mass is 272 g/mol. The molecule has 0 unspecified atom stereocenters. The second-order valence-electron chi connectivity index (χ2n) is 5.63. The molecule has 4 nitrogen and oxygen atoms in total. The highest BCUT2D eigenvalue weighted by Crippen LogP contribution is 2.27. The maximum absolute atomic E-state index is 11.1. The first-order valence-electron chi connectivity index (χ1n) is 7.51. The molecule has 1 fully saturated rings. The number of rotatable bonds is 7. The summed E-state index contributed by atoms with van der Waals surface area (Å²) in [5.41, 5.74) is 0. The van der Waals surface area contributed by atoms with Gasteiger partial charge in [-0.05, 0) is 6.42 Å². The summed E-state index contributed by atoms with van der Waals surface area (Å²) >= 11 is 0. The molecule has 0 bridgehead atoms. The quantitative estimate of drug-likeness (QED) is 0.524. The maximum Gasteiger partial charge on any atom is 0.304 e. The van der Waals surface area contributed by atoms with Crippen LogP contribution in [0.1, 0.15) is 66.2 Å². The molecule has 0 spiro atoms. The second-order valence-corrected chi connectivity index (χ2v) is 5.63. The van der Waals surface area contributed by atoms with E-state index in [9.17, 15) is 4.79 Å². The Labute approximate surface area is 116 Å². The summed E-state index contributed by atoms with van der Waals surface area (Å²) in [5.74, 6) is -0.0318. The minimum absolute atomic E-state index is 0.141. The average molecular weight is 272 g/mol. The summed E-state index contributed by atoms with van der Waals surface area (Å²) < 4.78 is 16.8. The van der Waals surface area contributed by atoms with Crippen LogP contribution in [-0.4, -0.2) is 24.7 Å². The molecule has 4 heteroatoms. The molecule has 112 valence electrons. The molecule has 1 heterocycles. The van der Waals surface area contributed by atoms with Gasteiger partial charge in [-0.2, -0.15) is 0 Å². The Morgan fingerprint density at radius 2 is 2.00 bits per heavy atom. The number of unbranched alkanes of at least 4 members (excludes halogenated alkanes) is 3. The lowest BCUT2D eigenvalue weighted by Gasteiger charge is -2.36. The molecule has 0 N–H and O–H groups in total. The lowest BCUT2D eigenvalue weighted by molar-refractivity contribution is -0.310. The molecule has 0 amide bonds. The smallest absolute Gasteiger partial charge is 0.304 e. The molecule has 0 aromatic heterocycles. The van der Waals surface area contributed by atoms with Crippen molar-refractivity contribution in [3.8, 4) is 0 Å². The third-order valence-electron chi connectivity index (χ3n) is 3.29. The van der Waals surface area contributed by atoms with Gasteiger partial charge in [0.1, 0.15) is 0 Å². The van der Waals surface area contributed by atoms with Crippen LogP contribution in [0.15, 0.2) is 0 Å². The van der Waals surface area contributed by atoms with Gasteiger partial charge < -0.3 is 14.2 Å². The first-order chi connectivity index (χ1) is 9.02. The predicted molar refractivity (Wildman–Crippen MR) is 73.5 cm³/mol. The highest BCUT2D eigenvalue weighted by atomic mass is 16.8. The largest absolute Gasteiger partial charge is 0.436 e. The van der Waals surface area contributed by atoms with Gasteiger partial charge in [0.25, 0.3) is 0 Å². The molecular formula is C15H28O4. The van der Waals surface area contributed by atoms with Crippen molar-refractivity contribution in [1.82, 2.24) is 0 Å². The van der Waals surface area contributed by atoms with Gasteiger partial charge in [0.2, 0.25) is 6.29 Å². The van der Waals surface area contributed by atoms with Gasteiger partial charge in [-0.3, -0.25) is 4.79 Å². The van der Waals surface area contributed by atoms with E-state index in [1.165, 1.54) is 26.2 Å². The van der Waals surface area contributed by atoms with Crippen molar-refractivity contribution < 1.29 is 19.0 Å². The molecule has 1 saturated heterocycles. The number of hydrogen-bond acceptors (Lipinski definition) is 4. The topological polar surface area (TPSA) is 44.8 Å². The van der Waals surface area contributed by atoms with Crippen LogP contribution < -0.4 is 0 Å². The minimum atomic E-state index is -0.449. The first kappa shape index (κ1) is 16.4.